The summed E-state index contributed by atoms with van der Waals surface area (Å²) in [4.78, 5) is 26.8. The van der Waals surface area contributed by atoms with Crippen molar-refractivity contribution >= 4 is 11.9 Å². The largest absolute Gasteiger partial charge is 0.445 e. The second-order valence-electron chi connectivity index (χ2n) is 10.5. The van der Waals surface area contributed by atoms with E-state index in [1.807, 2.05) is 49.4 Å². The normalized spacial score (nSPS) is 40.0. The summed E-state index contributed by atoms with van der Waals surface area (Å²) in [6.45, 7) is 8.27. The molecule has 0 aromatic heterocycles. The summed E-state index contributed by atoms with van der Waals surface area (Å²) in [5, 5.41) is 24.7. The first kappa shape index (κ1) is 25.4. The Hall–Kier alpha value is -2.70. The fourth-order valence-corrected chi connectivity index (χ4v) is 6.09. The topological polar surface area (TPSA) is 95.9 Å². The number of rotatable bonds is 2. The number of hydrogen-bond donors (Lipinski definition) is 3. The number of allylic oxidation sites excluding steroid dienone is 1. The molecule has 1 spiro atoms. The molecular weight excluding hydrogens is 442 g/mol. The molecule has 2 fully saturated rings. The molecule has 4 rings (SSSR count). The molecule has 3 N–H and O–H groups in total. The third-order valence-corrected chi connectivity index (χ3v) is 8.04. The van der Waals surface area contributed by atoms with Crippen LogP contribution in [0.1, 0.15) is 45.1 Å². The number of hydrogen-bond acceptors (Lipinski definition) is 5. The molecule has 1 aromatic carbocycles. The molecule has 0 radical (unpaired) electrons. The van der Waals surface area contributed by atoms with E-state index in [4.69, 9.17) is 4.74 Å². The Kier molecular flexibility index (Phi) is 7.62. The van der Waals surface area contributed by atoms with Gasteiger partial charge in [0.25, 0.3) is 5.91 Å². The average Bonchev–Trinajstić information content (AvgIpc) is 3.09. The Balaban J connectivity index is 1.78. The van der Waals surface area contributed by atoms with E-state index < -0.39 is 35.6 Å². The Bertz CT molecular complexity index is 1000. The van der Waals surface area contributed by atoms with Gasteiger partial charge in [-0.05, 0) is 48.3 Å². The van der Waals surface area contributed by atoms with E-state index >= 15 is 0 Å². The fraction of sp³-hybridized carbons (Fsp3) is 0.517. The Morgan fingerprint density at radius 2 is 1.86 bits per heavy atom. The number of aliphatic hydroxyl groups excluding tert-OH is 2. The molecule has 6 heteroatoms. The third kappa shape index (κ3) is 5.00. The van der Waals surface area contributed by atoms with Gasteiger partial charge >= 0.3 is 5.97 Å². The Labute approximate surface area is 207 Å². The van der Waals surface area contributed by atoms with Gasteiger partial charge in [0.05, 0.1) is 18.1 Å². The zero-order chi connectivity index (χ0) is 25.2. The lowest BCUT2D eigenvalue weighted by molar-refractivity contribution is -0.182. The first-order valence-corrected chi connectivity index (χ1v) is 12.7. The molecule has 2 unspecified atom stereocenters. The number of carbonyl (C=O) groups excluding carboxylic acids is 2. The number of benzene rings is 1. The van der Waals surface area contributed by atoms with Gasteiger partial charge in [-0.15, -0.1) is 0 Å². The third-order valence-electron chi connectivity index (χ3n) is 8.04. The van der Waals surface area contributed by atoms with Crippen molar-refractivity contribution in [3.05, 3.63) is 72.4 Å². The molecule has 188 valence electrons. The van der Waals surface area contributed by atoms with Crippen molar-refractivity contribution in [2.75, 3.05) is 0 Å². The van der Waals surface area contributed by atoms with Gasteiger partial charge in [-0.1, -0.05) is 75.8 Å². The van der Waals surface area contributed by atoms with Crippen molar-refractivity contribution in [2.24, 2.45) is 23.7 Å². The summed E-state index contributed by atoms with van der Waals surface area (Å²) in [7, 11) is 0. The maximum Gasteiger partial charge on any atom is 0.331 e. The monoisotopic (exact) mass is 479 g/mol. The number of aliphatic hydroxyl groups is 2. The minimum atomic E-state index is -1.57. The molecule has 1 aliphatic carbocycles. The van der Waals surface area contributed by atoms with Crippen molar-refractivity contribution in [3.63, 3.8) is 0 Å². The Morgan fingerprint density at radius 1 is 1.11 bits per heavy atom. The molecule has 2 heterocycles. The number of amides is 1. The van der Waals surface area contributed by atoms with Crippen molar-refractivity contribution in [2.45, 2.75) is 69.8 Å². The van der Waals surface area contributed by atoms with Crippen LogP contribution >= 0.6 is 0 Å². The van der Waals surface area contributed by atoms with Gasteiger partial charge in [0, 0.05) is 18.0 Å². The zero-order valence-corrected chi connectivity index (χ0v) is 20.6. The number of nitrogens with one attached hydrogen (secondary N) is 1. The van der Waals surface area contributed by atoms with E-state index in [9.17, 15) is 19.8 Å². The first-order valence-electron chi connectivity index (χ1n) is 12.7. The molecule has 3 aliphatic rings. The van der Waals surface area contributed by atoms with Crippen LogP contribution in [0, 0.1) is 23.7 Å². The van der Waals surface area contributed by atoms with E-state index in [-0.39, 0.29) is 17.9 Å². The molecule has 1 aromatic rings. The van der Waals surface area contributed by atoms with Crippen molar-refractivity contribution in [1.29, 1.82) is 0 Å². The first-order chi connectivity index (χ1) is 16.7. The summed E-state index contributed by atoms with van der Waals surface area (Å²) < 4.78 is 6.05. The number of carbonyl (C=O) groups is 2. The predicted molar refractivity (Wildman–Crippen MR) is 134 cm³/mol. The highest BCUT2D eigenvalue weighted by Gasteiger charge is 2.67. The Morgan fingerprint density at radius 3 is 2.60 bits per heavy atom. The van der Waals surface area contributed by atoms with Gasteiger partial charge in [0.2, 0.25) is 5.60 Å². The average molecular weight is 480 g/mol. The van der Waals surface area contributed by atoms with Crippen LogP contribution in [0.15, 0.2) is 66.8 Å². The lowest BCUT2D eigenvalue weighted by Crippen LogP contribution is -2.61. The van der Waals surface area contributed by atoms with E-state index in [0.29, 0.717) is 24.3 Å². The van der Waals surface area contributed by atoms with E-state index in [1.54, 1.807) is 0 Å². The van der Waals surface area contributed by atoms with Crippen molar-refractivity contribution < 1.29 is 24.5 Å². The molecular formula is C29H37NO5. The second-order valence-corrected chi connectivity index (χ2v) is 10.5. The summed E-state index contributed by atoms with van der Waals surface area (Å²) in [5.74, 6) is -2.13. The lowest BCUT2D eigenvalue weighted by Gasteiger charge is -2.49. The molecule has 1 amide bonds. The summed E-state index contributed by atoms with van der Waals surface area (Å²) in [6, 6.07) is 9.59. The highest BCUT2D eigenvalue weighted by atomic mass is 16.6. The van der Waals surface area contributed by atoms with Gasteiger partial charge in [-0.25, -0.2) is 4.79 Å². The van der Waals surface area contributed by atoms with Crippen molar-refractivity contribution in [1.82, 2.24) is 5.32 Å². The second kappa shape index (κ2) is 10.5. The molecule has 1 saturated heterocycles. The lowest BCUT2D eigenvalue weighted by atomic mass is 9.59. The van der Waals surface area contributed by atoms with Crippen LogP contribution in [0.25, 0.3) is 0 Å². The summed E-state index contributed by atoms with van der Waals surface area (Å²) in [5.41, 5.74) is 0.136. The maximum absolute atomic E-state index is 13.7. The molecule has 2 aliphatic heterocycles. The van der Waals surface area contributed by atoms with Gasteiger partial charge in [-0.2, -0.15) is 0 Å². The van der Waals surface area contributed by atoms with Gasteiger partial charge in [0.15, 0.2) is 0 Å². The number of esters is 1. The van der Waals surface area contributed by atoms with Gasteiger partial charge in [-0.3, -0.25) is 4.79 Å². The van der Waals surface area contributed by atoms with Crippen molar-refractivity contribution in [3.8, 4) is 0 Å². The predicted octanol–water partition coefficient (Wildman–Crippen LogP) is 3.49. The van der Waals surface area contributed by atoms with Crippen LogP contribution in [0.3, 0.4) is 0 Å². The SMILES string of the molecule is C=C1[C@@H](O)C2/C=C/C[C@@H](C)CCC[C@@H](O)/C=C/C(=O)OC23C(=O)N[C@@H](Cc2ccccc2)[C@@H]3[C@H]1C. The van der Waals surface area contributed by atoms with Gasteiger partial charge in [0.1, 0.15) is 0 Å². The molecule has 1 saturated carbocycles. The van der Waals surface area contributed by atoms with Crippen LogP contribution in [-0.2, 0) is 20.7 Å². The van der Waals surface area contributed by atoms with Crippen LogP contribution in [-0.4, -0.2) is 45.9 Å². The highest BCUT2D eigenvalue weighted by molar-refractivity contribution is 5.94. The summed E-state index contributed by atoms with van der Waals surface area (Å²) >= 11 is 0. The van der Waals surface area contributed by atoms with Crippen LogP contribution in [0.2, 0.25) is 0 Å². The molecule has 6 nitrogen and oxygen atoms in total. The minimum Gasteiger partial charge on any atom is -0.445 e. The van der Waals surface area contributed by atoms with E-state index in [2.05, 4.69) is 18.8 Å². The van der Waals surface area contributed by atoms with Crippen LogP contribution in [0.4, 0.5) is 0 Å². The summed E-state index contributed by atoms with van der Waals surface area (Å²) in [6.07, 6.45) is 8.39. The zero-order valence-electron chi connectivity index (χ0n) is 20.6. The van der Waals surface area contributed by atoms with Crippen LogP contribution in [0.5, 0.6) is 0 Å². The fourth-order valence-electron chi connectivity index (χ4n) is 6.09. The standard InChI is InChI=1S/C29H37NO5/c1-18-9-7-13-22(31)15-16-25(32)35-29-23(14-8-10-18)27(33)20(3)19(2)26(29)24(30-28(29)34)17-21-11-5-4-6-12-21/h4-6,8,11-12,14-16,18-19,22-24,26-27,31,33H,3,7,9-10,13,17H2,1-2H3,(H,30,34)/b14-8+,16-15+/t18-,19-,22+,23?,24-,26-,27+,29?/m0/s1. The number of ether oxygens (including phenoxy) is 1. The molecule has 8 atom stereocenters. The highest BCUT2D eigenvalue weighted by Crippen LogP contribution is 2.52. The van der Waals surface area contributed by atoms with Crippen LogP contribution < -0.4 is 5.32 Å². The van der Waals surface area contributed by atoms with E-state index in [0.717, 1.165) is 24.8 Å². The molecule has 35 heavy (non-hydrogen) atoms. The minimum absolute atomic E-state index is 0.262. The quantitative estimate of drug-likeness (QED) is 0.446. The van der Waals surface area contributed by atoms with E-state index in [1.165, 1.54) is 12.2 Å². The smallest absolute Gasteiger partial charge is 0.331 e. The molecule has 0 bridgehead atoms. The maximum atomic E-state index is 13.7. The van der Waals surface area contributed by atoms with Gasteiger partial charge < -0.3 is 20.3 Å².